The third kappa shape index (κ3) is 4.44. The van der Waals surface area contributed by atoms with Crippen molar-refractivity contribution in [3.8, 4) is 22.8 Å². The van der Waals surface area contributed by atoms with Gasteiger partial charge in [-0.05, 0) is 28.5 Å². The Kier molecular flexibility index (Phi) is 5.78. The summed E-state index contributed by atoms with van der Waals surface area (Å²) in [6, 6.07) is 8.41. The molecule has 0 aliphatic carbocycles. The second-order valence-corrected chi connectivity index (χ2v) is 6.67. The van der Waals surface area contributed by atoms with E-state index in [0.29, 0.717) is 5.56 Å². The quantitative estimate of drug-likeness (QED) is 0.192. The van der Waals surface area contributed by atoms with Crippen LogP contribution in [0.4, 0.5) is 17.2 Å². The molecular formula is C18H12N10O7. The van der Waals surface area contributed by atoms with Gasteiger partial charge in [-0.25, -0.2) is 10.1 Å². The summed E-state index contributed by atoms with van der Waals surface area (Å²) >= 11 is 0. The number of aromatic hydroxyl groups is 1. The number of rotatable bonds is 7. The Hall–Kier alpha value is -5.74. The molecule has 4 N–H and O–H groups in total. The van der Waals surface area contributed by atoms with Gasteiger partial charge in [0.2, 0.25) is 11.6 Å². The molecule has 17 nitrogen and oxygen atoms in total. The highest BCUT2D eigenvalue weighted by molar-refractivity contribution is 5.99. The summed E-state index contributed by atoms with van der Waals surface area (Å²) in [5, 5.41) is 50.3. The van der Waals surface area contributed by atoms with Crippen molar-refractivity contribution in [2.45, 2.75) is 0 Å². The third-order valence-corrected chi connectivity index (χ3v) is 4.52. The summed E-state index contributed by atoms with van der Waals surface area (Å²) in [4.78, 5) is 33.7. The maximum absolute atomic E-state index is 13.0. The van der Waals surface area contributed by atoms with Gasteiger partial charge in [0.15, 0.2) is 5.69 Å². The van der Waals surface area contributed by atoms with Crippen molar-refractivity contribution in [2.24, 2.45) is 5.10 Å². The Morgan fingerprint density at radius 2 is 1.80 bits per heavy atom. The largest absolute Gasteiger partial charge is 0.507 e. The standard InChI is InChI=1S/C18H12N10O7/c19-16-17(24-35-23-16)26-15(14(21-25-26)9-1-3-11(4-2-9)27(31)32)18(30)22-20-8-10-7-12(28(33)34)5-6-13(10)29/h1-8,29H,(H2,19,23)(H,22,30)/b20-8+. The minimum atomic E-state index is -0.882. The zero-order chi connectivity index (χ0) is 25.1. The molecule has 0 fully saturated rings. The average Bonchev–Trinajstić information content (AvgIpc) is 3.46. The molecule has 0 saturated heterocycles. The zero-order valence-corrected chi connectivity index (χ0v) is 17.2. The van der Waals surface area contributed by atoms with E-state index in [1.165, 1.54) is 24.3 Å². The fraction of sp³-hybridized carbons (Fsp3) is 0. The molecule has 176 valence electrons. The van der Waals surface area contributed by atoms with Crippen molar-refractivity contribution in [3.63, 3.8) is 0 Å². The highest BCUT2D eigenvalue weighted by Gasteiger charge is 2.26. The van der Waals surface area contributed by atoms with Gasteiger partial charge in [-0.3, -0.25) is 25.0 Å². The Morgan fingerprint density at radius 3 is 2.43 bits per heavy atom. The first-order chi connectivity index (χ1) is 16.8. The van der Waals surface area contributed by atoms with Crippen LogP contribution in [0.25, 0.3) is 17.1 Å². The van der Waals surface area contributed by atoms with E-state index in [1.54, 1.807) is 0 Å². The highest BCUT2D eigenvalue weighted by Crippen LogP contribution is 2.26. The minimum absolute atomic E-state index is 0.00630. The molecule has 0 spiro atoms. The molecule has 2 heterocycles. The molecule has 0 aliphatic rings. The maximum atomic E-state index is 13.0. The number of nitro benzene ring substituents is 2. The average molecular weight is 480 g/mol. The molecule has 1 amide bonds. The zero-order valence-electron chi connectivity index (χ0n) is 17.2. The number of non-ortho nitro benzene ring substituents is 2. The molecule has 0 radical (unpaired) electrons. The molecule has 0 bridgehead atoms. The second kappa shape index (κ2) is 9.02. The van der Waals surface area contributed by atoms with E-state index in [1.807, 2.05) is 0 Å². The molecular weight excluding hydrogens is 468 g/mol. The van der Waals surface area contributed by atoms with Crippen LogP contribution >= 0.6 is 0 Å². The van der Waals surface area contributed by atoms with E-state index in [4.69, 9.17) is 5.73 Å². The van der Waals surface area contributed by atoms with Crippen molar-refractivity contribution in [2.75, 3.05) is 5.73 Å². The second-order valence-electron chi connectivity index (χ2n) is 6.67. The van der Waals surface area contributed by atoms with Crippen molar-refractivity contribution in [1.29, 1.82) is 0 Å². The van der Waals surface area contributed by atoms with Gasteiger partial charge in [0.25, 0.3) is 17.3 Å². The first-order valence-electron chi connectivity index (χ1n) is 9.36. The van der Waals surface area contributed by atoms with Crippen LogP contribution in [0.15, 0.2) is 52.2 Å². The number of hydrazone groups is 1. The number of phenols is 1. The van der Waals surface area contributed by atoms with Crippen LogP contribution in [0.3, 0.4) is 0 Å². The summed E-state index contributed by atoms with van der Waals surface area (Å²) in [6.07, 6.45) is 0.992. The summed E-state index contributed by atoms with van der Waals surface area (Å²) in [5.74, 6) is -1.56. The highest BCUT2D eigenvalue weighted by atomic mass is 16.6. The van der Waals surface area contributed by atoms with Crippen molar-refractivity contribution in [3.05, 3.63) is 74.0 Å². The SMILES string of the molecule is Nc1nonc1-n1nnc(-c2ccc([N+](=O)[O-])cc2)c1C(=O)N/N=C/c1cc([N+](=O)[O-])ccc1O. The van der Waals surface area contributed by atoms with Crippen LogP contribution in [0, 0.1) is 20.2 Å². The number of aromatic nitrogens is 5. The number of nitrogens with two attached hydrogens (primary N) is 1. The number of nitrogen functional groups attached to an aromatic ring is 1. The lowest BCUT2D eigenvalue weighted by atomic mass is 10.1. The summed E-state index contributed by atoms with van der Waals surface area (Å²) < 4.78 is 5.47. The van der Waals surface area contributed by atoms with Gasteiger partial charge in [-0.1, -0.05) is 5.21 Å². The number of hydrogen-bond donors (Lipinski definition) is 3. The smallest absolute Gasteiger partial charge is 0.292 e. The topological polar surface area (TPSA) is 244 Å². The summed E-state index contributed by atoms with van der Waals surface area (Å²) in [7, 11) is 0. The van der Waals surface area contributed by atoms with Gasteiger partial charge in [-0.15, -0.1) is 5.10 Å². The molecule has 2 aromatic heterocycles. The summed E-state index contributed by atoms with van der Waals surface area (Å²) in [5.41, 5.74) is 7.43. The third-order valence-electron chi connectivity index (χ3n) is 4.52. The van der Waals surface area contributed by atoms with Gasteiger partial charge in [0.05, 0.1) is 16.1 Å². The lowest BCUT2D eigenvalue weighted by molar-refractivity contribution is -0.385. The van der Waals surface area contributed by atoms with Crippen LogP contribution in [0.5, 0.6) is 5.75 Å². The number of nitrogens with one attached hydrogen (secondary N) is 1. The van der Waals surface area contributed by atoms with E-state index in [9.17, 15) is 30.1 Å². The molecule has 0 saturated carbocycles. The van der Waals surface area contributed by atoms with E-state index < -0.39 is 15.8 Å². The molecule has 35 heavy (non-hydrogen) atoms. The number of hydrogen-bond acceptors (Lipinski definition) is 13. The number of nitro groups is 2. The number of carbonyl (C=O) groups excluding carboxylic acids is 1. The predicted octanol–water partition coefficient (Wildman–Crippen LogP) is 1.19. The van der Waals surface area contributed by atoms with Crippen LogP contribution in [0.2, 0.25) is 0 Å². The van der Waals surface area contributed by atoms with Crippen LogP contribution < -0.4 is 11.2 Å². The maximum Gasteiger partial charge on any atom is 0.292 e. The van der Waals surface area contributed by atoms with Crippen molar-refractivity contribution >= 4 is 29.3 Å². The molecule has 0 aliphatic heterocycles. The number of amides is 1. The lowest BCUT2D eigenvalue weighted by Crippen LogP contribution is -2.22. The Bertz CT molecular complexity index is 1480. The van der Waals surface area contributed by atoms with Crippen LogP contribution in [0.1, 0.15) is 16.1 Å². The number of anilines is 1. The lowest BCUT2D eigenvalue weighted by Gasteiger charge is -2.05. The molecule has 0 atom stereocenters. The van der Waals surface area contributed by atoms with E-state index >= 15 is 0 Å². The van der Waals surface area contributed by atoms with Gasteiger partial charge in [-0.2, -0.15) is 9.78 Å². The first kappa shape index (κ1) is 22.5. The van der Waals surface area contributed by atoms with Crippen molar-refractivity contribution < 1.29 is 24.4 Å². The minimum Gasteiger partial charge on any atom is -0.507 e. The normalized spacial score (nSPS) is 11.0. The van der Waals surface area contributed by atoms with Gasteiger partial charge < -0.3 is 10.8 Å². The van der Waals surface area contributed by atoms with E-state index in [0.717, 1.165) is 29.1 Å². The fourth-order valence-corrected chi connectivity index (χ4v) is 2.88. The Labute approximate surface area is 192 Å². The number of phenolic OH excluding ortho intramolecular Hbond substituents is 1. The van der Waals surface area contributed by atoms with E-state index in [-0.39, 0.29) is 45.7 Å². The van der Waals surface area contributed by atoms with Gasteiger partial charge in [0.1, 0.15) is 11.4 Å². The Morgan fingerprint density at radius 1 is 1.11 bits per heavy atom. The summed E-state index contributed by atoms with van der Waals surface area (Å²) in [6.45, 7) is 0. The first-order valence-corrected chi connectivity index (χ1v) is 9.36. The number of nitrogens with zero attached hydrogens (tertiary/aromatic N) is 8. The molecule has 2 aromatic carbocycles. The van der Waals surface area contributed by atoms with E-state index in [2.05, 4.69) is 35.8 Å². The Balaban J connectivity index is 1.70. The molecule has 17 heteroatoms. The predicted molar refractivity (Wildman–Crippen MR) is 116 cm³/mol. The van der Waals surface area contributed by atoms with Crippen LogP contribution in [-0.2, 0) is 0 Å². The molecule has 4 rings (SSSR count). The molecule has 0 unspecified atom stereocenters. The molecule has 4 aromatic rings. The van der Waals surface area contributed by atoms with Crippen LogP contribution in [-0.4, -0.2) is 52.4 Å². The number of benzene rings is 2. The van der Waals surface area contributed by atoms with Crippen molar-refractivity contribution in [1.82, 2.24) is 30.7 Å². The monoisotopic (exact) mass is 480 g/mol. The van der Waals surface area contributed by atoms with Gasteiger partial charge >= 0.3 is 0 Å². The van der Waals surface area contributed by atoms with Gasteiger partial charge in [0, 0.05) is 35.4 Å². The fourth-order valence-electron chi connectivity index (χ4n) is 2.88. The number of carbonyl (C=O) groups is 1.